The lowest BCUT2D eigenvalue weighted by molar-refractivity contribution is 0.120. The molecule has 0 saturated carbocycles. The first kappa shape index (κ1) is 17.6. The number of para-hydroxylation sites is 2. The van der Waals surface area contributed by atoms with Gasteiger partial charge in [0.1, 0.15) is 0 Å². The Morgan fingerprint density at radius 1 is 1.38 bits per heavy atom. The van der Waals surface area contributed by atoms with Crippen LogP contribution in [0.5, 0.6) is 0 Å². The maximum atomic E-state index is 12.0. The molecular formula is C17H21N5O2S2. The van der Waals surface area contributed by atoms with Crippen LogP contribution in [0.2, 0.25) is 0 Å². The van der Waals surface area contributed by atoms with Crippen LogP contribution in [-0.4, -0.2) is 44.8 Å². The number of hydrogen-bond acceptors (Lipinski definition) is 7. The molecule has 3 aromatic rings. The van der Waals surface area contributed by atoms with Crippen molar-refractivity contribution in [1.29, 1.82) is 0 Å². The molecular weight excluding hydrogens is 370 g/mol. The molecule has 138 valence electrons. The van der Waals surface area contributed by atoms with Gasteiger partial charge in [0, 0.05) is 25.4 Å². The highest BCUT2D eigenvalue weighted by Gasteiger charge is 2.15. The average Bonchev–Trinajstić information content (AvgIpc) is 3.38. The van der Waals surface area contributed by atoms with Crippen molar-refractivity contribution >= 4 is 39.3 Å². The lowest BCUT2D eigenvalue weighted by Crippen LogP contribution is -2.18. The number of imidazole rings is 1. The van der Waals surface area contributed by atoms with Gasteiger partial charge in [-0.1, -0.05) is 35.2 Å². The van der Waals surface area contributed by atoms with Gasteiger partial charge in [-0.2, -0.15) is 0 Å². The molecule has 1 fully saturated rings. The first-order chi connectivity index (χ1) is 12.8. The van der Waals surface area contributed by atoms with E-state index in [9.17, 15) is 4.79 Å². The zero-order valence-electron chi connectivity index (χ0n) is 14.3. The molecule has 0 unspecified atom stereocenters. The minimum Gasteiger partial charge on any atom is -0.376 e. The standard InChI is InChI=1S/C17H21N5O2S2/c23-16-19-13-6-1-2-7-14(13)22(16)8-4-10-25-17-21-20-15(26-17)18-11-12-5-3-9-24-12/h1-2,6-7,12H,3-5,8-11H2,(H,18,20)(H,19,23)/t12-/m0/s1. The minimum atomic E-state index is -0.0484. The summed E-state index contributed by atoms with van der Waals surface area (Å²) >= 11 is 3.25. The van der Waals surface area contributed by atoms with Crippen molar-refractivity contribution in [3.05, 3.63) is 34.7 Å². The minimum absolute atomic E-state index is 0.0484. The maximum absolute atomic E-state index is 12.0. The largest absolute Gasteiger partial charge is 0.376 e. The van der Waals surface area contributed by atoms with E-state index in [-0.39, 0.29) is 5.69 Å². The molecule has 2 aromatic heterocycles. The SMILES string of the molecule is O=c1[nH]c2ccccc2n1CCCSc1nnc(NC[C@@H]2CCCO2)s1. The maximum Gasteiger partial charge on any atom is 0.326 e. The van der Waals surface area contributed by atoms with Crippen LogP contribution in [0.4, 0.5) is 5.13 Å². The van der Waals surface area contributed by atoms with Crippen LogP contribution in [0.25, 0.3) is 11.0 Å². The van der Waals surface area contributed by atoms with Gasteiger partial charge >= 0.3 is 5.69 Å². The number of benzene rings is 1. The Bertz CT molecular complexity index is 913. The number of aryl methyl sites for hydroxylation is 1. The second-order valence-electron chi connectivity index (χ2n) is 6.19. The van der Waals surface area contributed by atoms with Crippen molar-refractivity contribution < 1.29 is 4.74 Å². The van der Waals surface area contributed by atoms with Gasteiger partial charge in [0.25, 0.3) is 0 Å². The number of aromatic amines is 1. The Labute approximate surface area is 159 Å². The average molecular weight is 392 g/mol. The summed E-state index contributed by atoms with van der Waals surface area (Å²) in [6, 6.07) is 7.77. The van der Waals surface area contributed by atoms with Gasteiger partial charge in [-0.3, -0.25) is 4.57 Å². The van der Waals surface area contributed by atoms with Crippen LogP contribution in [0, 0.1) is 0 Å². The van der Waals surface area contributed by atoms with Crippen molar-refractivity contribution in [3.63, 3.8) is 0 Å². The van der Waals surface area contributed by atoms with Gasteiger partial charge in [0.2, 0.25) is 5.13 Å². The normalized spacial score (nSPS) is 17.2. The van der Waals surface area contributed by atoms with E-state index in [1.54, 1.807) is 27.7 Å². The third-order valence-electron chi connectivity index (χ3n) is 4.34. The zero-order valence-corrected chi connectivity index (χ0v) is 15.9. The summed E-state index contributed by atoms with van der Waals surface area (Å²) in [7, 11) is 0. The molecule has 9 heteroatoms. The molecule has 0 amide bonds. The second kappa shape index (κ2) is 8.24. The summed E-state index contributed by atoms with van der Waals surface area (Å²) < 4.78 is 8.34. The molecule has 1 atom stereocenters. The van der Waals surface area contributed by atoms with E-state index in [1.807, 2.05) is 24.3 Å². The monoisotopic (exact) mass is 391 g/mol. The van der Waals surface area contributed by atoms with Gasteiger partial charge in [-0.05, 0) is 31.4 Å². The van der Waals surface area contributed by atoms with Gasteiger partial charge in [-0.15, -0.1) is 10.2 Å². The van der Waals surface area contributed by atoms with E-state index in [2.05, 4.69) is 20.5 Å². The number of anilines is 1. The molecule has 1 aromatic carbocycles. The predicted octanol–water partition coefficient (Wildman–Crippen LogP) is 2.95. The van der Waals surface area contributed by atoms with Crippen molar-refractivity contribution in [2.24, 2.45) is 0 Å². The summed E-state index contributed by atoms with van der Waals surface area (Å²) in [6.45, 7) is 2.35. The Kier molecular flexibility index (Phi) is 5.57. The van der Waals surface area contributed by atoms with Gasteiger partial charge in [-0.25, -0.2) is 4.79 Å². The van der Waals surface area contributed by atoms with E-state index in [0.29, 0.717) is 12.6 Å². The lowest BCUT2D eigenvalue weighted by Gasteiger charge is -2.08. The molecule has 1 saturated heterocycles. The summed E-state index contributed by atoms with van der Waals surface area (Å²) in [4.78, 5) is 14.9. The van der Waals surface area contributed by atoms with Gasteiger partial charge < -0.3 is 15.0 Å². The molecule has 7 nitrogen and oxygen atoms in total. The zero-order chi connectivity index (χ0) is 17.8. The smallest absolute Gasteiger partial charge is 0.326 e. The fourth-order valence-electron chi connectivity index (χ4n) is 3.06. The van der Waals surface area contributed by atoms with Crippen molar-refractivity contribution in [2.45, 2.75) is 36.3 Å². The molecule has 26 heavy (non-hydrogen) atoms. The molecule has 2 N–H and O–H groups in total. The number of thioether (sulfide) groups is 1. The highest BCUT2D eigenvalue weighted by molar-refractivity contribution is 8.01. The predicted molar refractivity (Wildman–Crippen MR) is 105 cm³/mol. The first-order valence-electron chi connectivity index (χ1n) is 8.79. The lowest BCUT2D eigenvalue weighted by atomic mass is 10.2. The number of ether oxygens (including phenoxy) is 1. The summed E-state index contributed by atoms with van der Waals surface area (Å²) in [5, 5.41) is 12.5. The van der Waals surface area contributed by atoms with E-state index in [1.165, 1.54) is 0 Å². The fraction of sp³-hybridized carbons (Fsp3) is 0.471. The van der Waals surface area contributed by atoms with Crippen LogP contribution in [-0.2, 0) is 11.3 Å². The van der Waals surface area contributed by atoms with Gasteiger partial charge in [0.15, 0.2) is 4.34 Å². The van der Waals surface area contributed by atoms with Crippen molar-refractivity contribution in [2.75, 3.05) is 24.2 Å². The van der Waals surface area contributed by atoms with E-state index < -0.39 is 0 Å². The molecule has 3 heterocycles. The second-order valence-corrected chi connectivity index (χ2v) is 8.51. The highest BCUT2D eigenvalue weighted by atomic mass is 32.2. The van der Waals surface area contributed by atoms with Crippen LogP contribution in [0.1, 0.15) is 19.3 Å². The van der Waals surface area contributed by atoms with E-state index in [4.69, 9.17) is 4.74 Å². The Morgan fingerprint density at radius 2 is 2.31 bits per heavy atom. The summed E-state index contributed by atoms with van der Waals surface area (Å²) in [5.74, 6) is 0.895. The van der Waals surface area contributed by atoms with E-state index >= 15 is 0 Å². The van der Waals surface area contributed by atoms with Crippen LogP contribution < -0.4 is 11.0 Å². The number of rotatable bonds is 8. The number of H-pyrrole nitrogens is 1. The molecule has 1 aliphatic heterocycles. The highest BCUT2D eigenvalue weighted by Crippen LogP contribution is 2.26. The fourth-order valence-corrected chi connectivity index (χ4v) is 4.81. The van der Waals surface area contributed by atoms with Crippen LogP contribution >= 0.6 is 23.1 Å². The number of fused-ring (bicyclic) bond motifs is 1. The van der Waals surface area contributed by atoms with Gasteiger partial charge in [0.05, 0.1) is 17.1 Å². The van der Waals surface area contributed by atoms with Crippen LogP contribution in [0.3, 0.4) is 0 Å². The number of hydrogen-bond donors (Lipinski definition) is 2. The molecule has 0 bridgehead atoms. The molecule has 4 rings (SSSR count). The Morgan fingerprint density at radius 3 is 3.19 bits per heavy atom. The van der Waals surface area contributed by atoms with Crippen LogP contribution in [0.15, 0.2) is 33.4 Å². The third kappa shape index (κ3) is 4.11. The first-order valence-corrected chi connectivity index (χ1v) is 10.6. The third-order valence-corrected chi connectivity index (χ3v) is 6.45. The number of nitrogens with one attached hydrogen (secondary N) is 2. The van der Waals surface area contributed by atoms with E-state index in [0.717, 1.165) is 58.7 Å². The summed E-state index contributed by atoms with van der Waals surface area (Å²) in [6.07, 6.45) is 3.44. The molecule has 0 spiro atoms. The Balaban J connectivity index is 1.24. The summed E-state index contributed by atoms with van der Waals surface area (Å²) in [5.41, 5.74) is 1.79. The topological polar surface area (TPSA) is 84.8 Å². The number of aromatic nitrogens is 4. The molecule has 0 radical (unpaired) electrons. The Hall–Kier alpha value is -1.84. The molecule has 0 aliphatic carbocycles. The van der Waals surface area contributed by atoms with Crippen molar-refractivity contribution in [3.8, 4) is 0 Å². The quantitative estimate of drug-likeness (QED) is 0.454. The molecule has 1 aliphatic rings. The number of nitrogens with zero attached hydrogens (tertiary/aromatic N) is 3. The van der Waals surface area contributed by atoms with Crippen molar-refractivity contribution in [1.82, 2.24) is 19.7 Å².